The SMILES string of the molecule is FC(F)(F)c1cnc(Cl)c2[nH]c(C3CCC3)nc12. The highest BCUT2D eigenvalue weighted by Crippen LogP contribution is 2.39. The van der Waals surface area contributed by atoms with Gasteiger partial charge in [-0.3, -0.25) is 0 Å². The monoisotopic (exact) mass is 275 g/mol. The summed E-state index contributed by atoms with van der Waals surface area (Å²) in [5.41, 5.74) is -0.804. The van der Waals surface area contributed by atoms with E-state index in [2.05, 4.69) is 15.0 Å². The van der Waals surface area contributed by atoms with Crippen LogP contribution >= 0.6 is 11.6 Å². The fraction of sp³-hybridized carbons (Fsp3) is 0.455. The number of nitrogens with zero attached hydrogens (tertiary/aromatic N) is 2. The standard InChI is InChI=1S/C11H9ClF3N3/c12-9-8-7(6(4-16-9)11(13,14)15)17-10(18-8)5-2-1-3-5/h4-5H,1-3H2,(H,17,18). The van der Waals surface area contributed by atoms with E-state index in [0.29, 0.717) is 5.82 Å². The average Bonchev–Trinajstić information content (AvgIpc) is 2.58. The van der Waals surface area contributed by atoms with Gasteiger partial charge in [0.2, 0.25) is 0 Å². The van der Waals surface area contributed by atoms with E-state index in [1.54, 1.807) is 0 Å². The van der Waals surface area contributed by atoms with Crippen LogP contribution in [-0.4, -0.2) is 15.0 Å². The maximum atomic E-state index is 12.8. The van der Waals surface area contributed by atoms with Crippen molar-refractivity contribution >= 4 is 22.6 Å². The predicted molar refractivity (Wildman–Crippen MR) is 60.5 cm³/mol. The van der Waals surface area contributed by atoms with E-state index in [1.807, 2.05) is 0 Å². The lowest BCUT2D eigenvalue weighted by molar-refractivity contribution is -0.136. The third kappa shape index (κ3) is 1.75. The number of imidazole rings is 1. The first-order chi connectivity index (χ1) is 8.47. The molecular formula is C11H9ClF3N3. The highest BCUT2D eigenvalue weighted by atomic mass is 35.5. The summed E-state index contributed by atoms with van der Waals surface area (Å²) in [6, 6.07) is 0. The van der Waals surface area contributed by atoms with Crippen molar-refractivity contribution in [2.75, 3.05) is 0 Å². The number of nitrogens with one attached hydrogen (secondary N) is 1. The third-order valence-corrected chi connectivity index (χ3v) is 3.57. The minimum Gasteiger partial charge on any atom is -0.339 e. The molecule has 0 radical (unpaired) electrons. The number of alkyl halides is 3. The summed E-state index contributed by atoms with van der Waals surface area (Å²) >= 11 is 5.81. The Balaban J connectivity index is 2.20. The van der Waals surface area contributed by atoms with Crippen molar-refractivity contribution in [2.24, 2.45) is 0 Å². The Hall–Kier alpha value is -1.30. The molecule has 0 spiro atoms. The Morgan fingerprint density at radius 1 is 1.33 bits per heavy atom. The Labute approximate surface area is 105 Å². The minimum atomic E-state index is -4.47. The van der Waals surface area contributed by atoms with E-state index in [-0.39, 0.29) is 22.1 Å². The molecule has 1 saturated carbocycles. The van der Waals surface area contributed by atoms with Crippen molar-refractivity contribution in [3.8, 4) is 0 Å². The molecule has 18 heavy (non-hydrogen) atoms. The van der Waals surface area contributed by atoms with E-state index in [4.69, 9.17) is 11.6 Å². The first kappa shape index (κ1) is 11.8. The number of halogens is 4. The second-order valence-corrected chi connectivity index (χ2v) is 4.79. The van der Waals surface area contributed by atoms with Crippen LogP contribution in [0.5, 0.6) is 0 Å². The molecule has 0 unspecified atom stereocenters. The third-order valence-electron chi connectivity index (χ3n) is 3.29. The molecule has 0 bridgehead atoms. The quantitative estimate of drug-likeness (QED) is 0.802. The van der Waals surface area contributed by atoms with Crippen molar-refractivity contribution in [2.45, 2.75) is 31.4 Å². The Morgan fingerprint density at radius 2 is 2.06 bits per heavy atom. The van der Waals surface area contributed by atoms with Crippen molar-refractivity contribution < 1.29 is 13.2 Å². The topological polar surface area (TPSA) is 41.6 Å². The molecule has 0 aromatic carbocycles. The largest absolute Gasteiger partial charge is 0.420 e. The minimum absolute atomic E-state index is 0.0241. The number of aromatic amines is 1. The number of rotatable bonds is 1. The summed E-state index contributed by atoms with van der Waals surface area (Å²) in [5.74, 6) is 0.797. The lowest BCUT2D eigenvalue weighted by Gasteiger charge is -2.22. The lowest BCUT2D eigenvalue weighted by Crippen LogP contribution is -2.10. The van der Waals surface area contributed by atoms with Crippen LogP contribution in [0.2, 0.25) is 5.15 Å². The van der Waals surface area contributed by atoms with Gasteiger partial charge in [-0.05, 0) is 12.8 Å². The zero-order chi connectivity index (χ0) is 12.9. The number of fused-ring (bicyclic) bond motifs is 1. The van der Waals surface area contributed by atoms with E-state index in [0.717, 1.165) is 25.5 Å². The van der Waals surface area contributed by atoms with Gasteiger partial charge in [0.25, 0.3) is 0 Å². The normalized spacial score (nSPS) is 17.1. The summed E-state index contributed by atoms with van der Waals surface area (Å²) in [7, 11) is 0. The Bertz CT molecular complexity index is 601. The summed E-state index contributed by atoms with van der Waals surface area (Å²) in [6.07, 6.45) is -0.754. The predicted octanol–water partition coefficient (Wildman–Crippen LogP) is 3.90. The van der Waals surface area contributed by atoms with Crippen LogP contribution in [0.25, 0.3) is 11.0 Å². The van der Waals surface area contributed by atoms with Gasteiger partial charge in [0.1, 0.15) is 22.4 Å². The number of hydrogen-bond donors (Lipinski definition) is 1. The molecule has 2 heterocycles. The first-order valence-electron chi connectivity index (χ1n) is 5.58. The summed E-state index contributed by atoms with van der Waals surface area (Å²) < 4.78 is 38.5. The molecule has 0 atom stereocenters. The maximum Gasteiger partial charge on any atom is 0.420 e. The van der Waals surface area contributed by atoms with Gasteiger partial charge in [0.05, 0.1) is 0 Å². The number of aromatic nitrogens is 3. The highest BCUT2D eigenvalue weighted by Gasteiger charge is 2.35. The van der Waals surface area contributed by atoms with Crippen LogP contribution in [0.15, 0.2) is 6.20 Å². The Kier molecular flexibility index (Phi) is 2.52. The molecule has 1 N–H and O–H groups in total. The highest BCUT2D eigenvalue weighted by molar-refractivity contribution is 6.33. The van der Waals surface area contributed by atoms with Crippen LogP contribution in [-0.2, 0) is 6.18 Å². The fourth-order valence-electron chi connectivity index (χ4n) is 2.07. The van der Waals surface area contributed by atoms with Crippen molar-refractivity contribution in [3.05, 3.63) is 22.7 Å². The fourth-order valence-corrected chi connectivity index (χ4v) is 2.25. The zero-order valence-electron chi connectivity index (χ0n) is 9.18. The van der Waals surface area contributed by atoms with E-state index < -0.39 is 11.7 Å². The molecule has 96 valence electrons. The summed E-state index contributed by atoms with van der Waals surface area (Å²) in [5, 5.41) is 0.0241. The first-order valence-corrected chi connectivity index (χ1v) is 5.96. The number of pyridine rings is 1. The molecule has 2 aromatic heterocycles. The zero-order valence-corrected chi connectivity index (χ0v) is 9.94. The average molecular weight is 276 g/mol. The molecule has 3 rings (SSSR count). The van der Waals surface area contributed by atoms with Gasteiger partial charge in [-0.2, -0.15) is 13.2 Å². The van der Waals surface area contributed by atoms with Gasteiger partial charge < -0.3 is 4.98 Å². The number of hydrogen-bond acceptors (Lipinski definition) is 2. The van der Waals surface area contributed by atoms with E-state index >= 15 is 0 Å². The summed E-state index contributed by atoms with van der Waals surface area (Å²) in [4.78, 5) is 10.5. The lowest BCUT2D eigenvalue weighted by atomic mass is 9.85. The van der Waals surface area contributed by atoms with E-state index in [1.165, 1.54) is 0 Å². The van der Waals surface area contributed by atoms with Crippen LogP contribution in [0.4, 0.5) is 13.2 Å². The smallest absolute Gasteiger partial charge is 0.339 e. The molecule has 7 heteroatoms. The molecule has 3 nitrogen and oxygen atoms in total. The van der Waals surface area contributed by atoms with Gasteiger partial charge in [-0.15, -0.1) is 0 Å². The molecule has 1 aliphatic carbocycles. The van der Waals surface area contributed by atoms with E-state index in [9.17, 15) is 13.2 Å². The molecule has 1 aliphatic rings. The summed E-state index contributed by atoms with van der Waals surface area (Å²) in [6.45, 7) is 0. The molecule has 0 saturated heterocycles. The van der Waals surface area contributed by atoms with Crippen LogP contribution < -0.4 is 0 Å². The second kappa shape index (κ2) is 3.85. The van der Waals surface area contributed by atoms with Crippen molar-refractivity contribution in [3.63, 3.8) is 0 Å². The van der Waals surface area contributed by atoms with Crippen molar-refractivity contribution in [1.29, 1.82) is 0 Å². The van der Waals surface area contributed by atoms with Gasteiger partial charge >= 0.3 is 6.18 Å². The van der Waals surface area contributed by atoms with Gasteiger partial charge in [0.15, 0.2) is 5.15 Å². The maximum absolute atomic E-state index is 12.8. The van der Waals surface area contributed by atoms with Crippen LogP contribution in [0.1, 0.15) is 36.6 Å². The molecule has 2 aromatic rings. The van der Waals surface area contributed by atoms with Crippen LogP contribution in [0, 0.1) is 0 Å². The van der Waals surface area contributed by atoms with Crippen LogP contribution in [0.3, 0.4) is 0 Å². The number of H-pyrrole nitrogens is 1. The van der Waals surface area contributed by atoms with Gasteiger partial charge in [-0.1, -0.05) is 18.0 Å². The van der Waals surface area contributed by atoms with Gasteiger partial charge in [0, 0.05) is 12.1 Å². The molecule has 1 fully saturated rings. The van der Waals surface area contributed by atoms with Gasteiger partial charge in [-0.25, -0.2) is 9.97 Å². The Morgan fingerprint density at radius 3 is 2.61 bits per heavy atom. The molecular weight excluding hydrogens is 267 g/mol. The van der Waals surface area contributed by atoms with Crippen molar-refractivity contribution in [1.82, 2.24) is 15.0 Å². The second-order valence-electron chi connectivity index (χ2n) is 4.43. The molecule has 0 amide bonds. The molecule has 0 aliphatic heterocycles.